The van der Waals surface area contributed by atoms with Crippen LogP contribution >= 0.6 is 0 Å². The zero-order valence-electron chi connectivity index (χ0n) is 13.1. The summed E-state index contributed by atoms with van der Waals surface area (Å²) >= 11 is 0. The lowest BCUT2D eigenvalue weighted by atomic mass is 9.82. The molecule has 3 rings (SSSR count). The molecular weight excluding hydrogens is 280 g/mol. The van der Waals surface area contributed by atoms with Gasteiger partial charge < -0.3 is 10.2 Å². The summed E-state index contributed by atoms with van der Waals surface area (Å²) in [5.74, 6) is -0.813. The predicted octanol–water partition coefficient (Wildman–Crippen LogP) is 2.99. The van der Waals surface area contributed by atoms with Gasteiger partial charge in [-0.2, -0.15) is 5.10 Å². The van der Waals surface area contributed by atoms with E-state index in [-0.39, 0.29) is 11.4 Å². The van der Waals surface area contributed by atoms with E-state index >= 15 is 0 Å². The zero-order valence-corrected chi connectivity index (χ0v) is 13.1. The Labute approximate surface area is 129 Å². The number of nitrogens with zero attached hydrogens (tertiary/aromatic N) is 2. The Balaban J connectivity index is 2.28. The molecule has 0 atom stereocenters. The molecule has 0 saturated carbocycles. The molecule has 1 aromatic carbocycles. The first kappa shape index (κ1) is 14.6. The van der Waals surface area contributed by atoms with E-state index in [1.165, 1.54) is 21.9 Å². The van der Waals surface area contributed by atoms with E-state index in [0.717, 1.165) is 36.8 Å². The molecule has 5 heteroatoms. The number of hydrogen-bond donors (Lipinski definition) is 2. The van der Waals surface area contributed by atoms with Gasteiger partial charge >= 0.3 is 5.97 Å². The van der Waals surface area contributed by atoms with Crippen molar-refractivity contribution >= 4 is 5.97 Å². The first-order valence-electron chi connectivity index (χ1n) is 7.53. The molecule has 0 amide bonds. The Kier molecular flexibility index (Phi) is 3.43. The van der Waals surface area contributed by atoms with Gasteiger partial charge in [-0.05, 0) is 67.9 Å². The number of benzene rings is 1. The summed E-state index contributed by atoms with van der Waals surface area (Å²) in [7, 11) is 1.70. The fourth-order valence-electron chi connectivity index (χ4n) is 3.51. The van der Waals surface area contributed by atoms with Crippen molar-refractivity contribution in [3.05, 3.63) is 34.0 Å². The van der Waals surface area contributed by atoms with Crippen LogP contribution in [0.2, 0.25) is 0 Å². The van der Waals surface area contributed by atoms with Gasteiger partial charge in [-0.25, -0.2) is 4.79 Å². The minimum absolute atomic E-state index is 0.00771. The fourth-order valence-corrected chi connectivity index (χ4v) is 3.51. The topological polar surface area (TPSA) is 75.3 Å². The molecule has 2 N–H and O–H groups in total. The van der Waals surface area contributed by atoms with Gasteiger partial charge in [0.2, 0.25) is 0 Å². The van der Waals surface area contributed by atoms with E-state index in [4.69, 9.17) is 5.11 Å². The highest BCUT2D eigenvalue weighted by Crippen LogP contribution is 2.42. The third-order valence-electron chi connectivity index (χ3n) is 4.70. The van der Waals surface area contributed by atoms with Gasteiger partial charge in [0, 0.05) is 12.6 Å². The van der Waals surface area contributed by atoms with Crippen molar-refractivity contribution < 1.29 is 15.0 Å². The van der Waals surface area contributed by atoms with Crippen molar-refractivity contribution in [2.45, 2.75) is 39.5 Å². The van der Waals surface area contributed by atoms with Gasteiger partial charge in [0.1, 0.15) is 5.75 Å². The number of aromatic nitrogens is 2. The van der Waals surface area contributed by atoms with Gasteiger partial charge in [0.05, 0.1) is 5.69 Å². The number of aromatic carboxylic acids is 1. The van der Waals surface area contributed by atoms with E-state index in [9.17, 15) is 9.90 Å². The molecule has 2 aromatic rings. The highest BCUT2D eigenvalue weighted by atomic mass is 16.4. The third-order valence-corrected chi connectivity index (χ3v) is 4.70. The van der Waals surface area contributed by atoms with Crippen LogP contribution in [-0.4, -0.2) is 26.0 Å². The van der Waals surface area contributed by atoms with Crippen LogP contribution in [0.4, 0.5) is 0 Å². The summed E-state index contributed by atoms with van der Waals surface area (Å²) in [6, 6.07) is 1.53. The molecule has 5 nitrogen and oxygen atoms in total. The summed E-state index contributed by atoms with van der Waals surface area (Å²) in [6.45, 7) is 3.95. The van der Waals surface area contributed by atoms with Gasteiger partial charge in [0.15, 0.2) is 5.69 Å². The minimum atomic E-state index is -1.06. The van der Waals surface area contributed by atoms with Crippen molar-refractivity contribution in [1.82, 2.24) is 9.78 Å². The van der Waals surface area contributed by atoms with Crippen LogP contribution in [-0.2, 0) is 19.9 Å². The number of phenolic OH excluding ortho intramolecular Hbond substituents is 1. The van der Waals surface area contributed by atoms with E-state index in [0.29, 0.717) is 11.3 Å². The number of hydrogen-bond acceptors (Lipinski definition) is 3. The van der Waals surface area contributed by atoms with Crippen LogP contribution in [0.5, 0.6) is 5.75 Å². The van der Waals surface area contributed by atoms with E-state index in [1.807, 2.05) is 13.8 Å². The largest absolute Gasteiger partial charge is 0.507 e. The number of rotatable bonds is 2. The highest BCUT2D eigenvalue weighted by Gasteiger charge is 2.24. The smallest absolute Gasteiger partial charge is 0.356 e. The quantitative estimate of drug-likeness (QED) is 0.894. The summed E-state index contributed by atoms with van der Waals surface area (Å²) in [4.78, 5) is 11.1. The second kappa shape index (κ2) is 5.16. The maximum atomic E-state index is 11.1. The van der Waals surface area contributed by atoms with Crippen LogP contribution in [0, 0.1) is 13.8 Å². The van der Waals surface area contributed by atoms with Crippen LogP contribution in [0.1, 0.15) is 45.6 Å². The Morgan fingerprint density at radius 1 is 1.18 bits per heavy atom. The second-order valence-electron chi connectivity index (χ2n) is 5.98. The van der Waals surface area contributed by atoms with Crippen LogP contribution in [0.15, 0.2) is 6.07 Å². The van der Waals surface area contributed by atoms with E-state index in [1.54, 1.807) is 7.05 Å². The first-order valence-corrected chi connectivity index (χ1v) is 7.53. The second-order valence-corrected chi connectivity index (χ2v) is 5.98. The van der Waals surface area contributed by atoms with E-state index < -0.39 is 5.97 Å². The molecule has 1 heterocycles. The normalized spacial score (nSPS) is 14.0. The lowest BCUT2D eigenvalue weighted by Gasteiger charge is -2.24. The number of phenols is 1. The number of fused-ring (bicyclic) bond motifs is 1. The maximum absolute atomic E-state index is 11.1. The van der Waals surface area contributed by atoms with Gasteiger partial charge in [-0.3, -0.25) is 4.68 Å². The standard InChI is InChI=1S/C17H20N2O3/c1-9-11-6-4-5-7-12(11)10(2)16(20)15(9)14-8-13(17(21)22)18-19(14)3/h8,20H,4-7H2,1-3H3,(H,21,22). The molecule has 116 valence electrons. The monoisotopic (exact) mass is 300 g/mol. The average Bonchev–Trinajstić information content (AvgIpc) is 2.87. The number of aromatic hydroxyl groups is 1. The fraction of sp³-hybridized carbons (Fsp3) is 0.412. The molecule has 1 aliphatic carbocycles. The molecule has 1 aliphatic rings. The van der Waals surface area contributed by atoms with Gasteiger partial charge in [0.25, 0.3) is 0 Å². The molecule has 22 heavy (non-hydrogen) atoms. The van der Waals surface area contributed by atoms with Crippen LogP contribution in [0.25, 0.3) is 11.3 Å². The Bertz CT molecular complexity index is 775. The van der Waals surface area contributed by atoms with Crippen molar-refractivity contribution in [1.29, 1.82) is 0 Å². The average molecular weight is 300 g/mol. The summed E-state index contributed by atoms with van der Waals surface area (Å²) in [6.07, 6.45) is 4.32. The summed E-state index contributed by atoms with van der Waals surface area (Å²) < 4.78 is 1.53. The van der Waals surface area contributed by atoms with Crippen LogP contribution in [0.3, 0.4) is 0 Å². The first-order chi connectivity index (χ1) is 10.4. The molecule has 0 bridgehead atoms. The van der Waals surface area contributed by atoms with Crippen LogP contribution < -0.4 is 0 Å². The number of carboxylic acid groups (broad SMARTS) is 1. The van der Waals surface area contributed by atoms with Crippen molar-refractivity contribution in [3.63, 3.8) is 0 Å². The Morgan fingerprint density at radius 3 is 2.32 bits per heavy atom. The Hall–Kier alpha value is -2.30. The molecule has 0 fully saturated rings. The van der Waals surface area contributed by atoms with Crippen molar-refractivity contribution in [2.75, 3.05) is 0 Å². The zero-order chi connectivity index (χ0) is 16.0. The third kappa shape index (κ3) is 2.08. The van der Waals surface area contributed by atoms with E-state index in [2.05, 4.69) is 5.10 Å². The summed E-state index contributed by atoms with van der Waals surface area (Å²) in [5, 5.41) is 23.8. The minimum Gasteiger partial charge on any atom is -0.507 e. The van der Waals surface area contributed by atoms with Gasteiger partial charge in [-0.15, -0.1) is 0 Å². The molecular formula is C17H20N2O3. The molecule has 0 aliphatic heterocycles. The molecule has 0 unspecified atom stereocenters. The summed E-state index contributed by atoms with van der Waals surface area (Å²) in [5.41, 5.74) is 5.85. The van der Waals surface area contributed by atoms with Crippen molar-refractivity contribution in [3.8, 4) is 17.0 Å². The predicted molar refractivity (Wildman–Crippen MR) is 83.4 cm³/mol. The molecule has 0 saturated heterocycles. The highest BCUT2D eigenvalue weighted by molar-refractivity contribution is 5.88. The Morgan fingerprint density at radius 2 is 1.77 bits per heavy atom. The molecule has 1 aromatic heterocycles. The SMILES string of the molecule is Cc1c(O)c(-c2cc(C(=O)O)nn2C)c(C)c2c1CCCC2. The number of aryl methyl sites for hydroxylation is 1. The number of carbonyl (C=O) groups is 1. The van der Waals surface area contributed by atoms with Gasteiger partial charge in [-0.1, -0.05) is 0 Å². The van der Waals surface area contributed by atoms with Crippen molar-refractivity contribution in [2.24, 2.45) is 7.05 Å². The molecule has 0 spiro atoms. The maximum Gasteiger partial charge on any atom is 0.356 e. The lowest BCUT2D eigenvalue weighted by molar-refractivity contribution is 0.0689. The molecule has 0 radical (unpaired) electrons. The number of carboxylic acids is 1. The lowest BCUT2D eigenvalue weighted by Crippen LogP contribution is -2.09.